The molecule has 1 fully saturated rings. The Kier molecular flexibility index (Phi) is 4.99. The van der Waals surface area contributed by atoms with E-state index in [1.54, 1.807) is 34.8 Å². The van der Waals surface area contributed by atoms with E-state index in [0.29, 0.717) is 18.0 Å². The first kappa shape index (κ1) is 16.4. The highest BCUT2D eigenvalue weighted by Gasteiger charge is 2.30. The number of anilines is 1. The van der Waals surface area contributed by atoms with E-state index >= 15 is 0 Å². The van der Waals surface area contributed by atoms with Crippen LogP contribution in [-0.2, 0) is 10.0 Å². The third kappa shape index (κ3) is 3.91. The number of hydrogen-bond donors (Lipinski definition) is 1. The van der Waals surface area contributed by atoms with Crippen molar-refractivity contribution in [2.45, 2.75) is 23.8 Å². The molecule has 1 aromatic heterocycles. The normalized spacial score (nSPS) is 19.4. The van der Waals surface area contributed by atoms with Gasteiger partial charge in [0, 0.05) is 29.8 Å². The zero-order chi connectivity index (χ0) is 16.3. The van der Waals surface area contributed by atoms with Gasteiger partial charge in [-0.25, -0.2) is 13.4 Å². The second-order valence-corrected chi connectivity index (χ2v) is 8.37. The fourth-order valence-electron chi connectivity index (χ4n) is 2.69. The molecule has 1 unspecified atom stereocenters. The second-order valence-electron chi connectivity index (χ2n) is 5.52. The van der Waals surface area contributed by atoms with Crippen LogP contribution in [0.15, 0.2) is 58.0 Å². The lowest BCUT2D eigenvalue weighted by atomic mass is 10.1. The molecule has 5 nitrogen and oxygen atoms in total. The Morgan fingerprint density at radius 1 is 1.17 bits per heavy atom. The standard InChI is InChI=1S/C16H18BrN3O2S/c17-13-6-8-15(9-7-13)23(21,22)20-11-3-4-14(12-20)19-16-5-1-2-10-18-16/h1-2,5-10,14H,3-4,11-12H2,(H,18,19). The zero-order valence-corrected chi connectivity index (χ0v) is 14.9. The van der Waals surface area contributed by atoms with E-state index in [-0.39, 0.29) is 6.04 Å². The zero-order valence-electron chi connectivity index (χ0n) is 12.5. The summed E-state index contributed by atoms with van der Waals surface area (Å²) in [6.07, 6.45) is 3.49. The predicted molar refractivity (Wildman–Crippen MR) is 93.8 cm³/mol. The Labute approximate surface area is 144 Å². The number of hydrogen-bond acceptors (Lipinski definition) is 4. The lowest BCUT2D eigenvalue weighted by Gasteiger charge is -2.32. The highest BCUT2D eigenvalue weighted by Crippen LogP contribution is 2.23. The smallest absolute Gasteiger partial charge is 0.243 e. The van der Waals surface area contributed by atoms with Crippen LogP contribution >= 0.6 is 15.9 Å². The van der Waals surface area contributed by atoms with Crippen molar-refractivity contribution in [2.75, 3.05) is 18.4 Å². The molecule has 0 radical (unpaired) electrons. The van der Waals surface area contributed by atoms with Gasteiger partial charge in [0.2, 0.25) is 10.0 Å². The maximum Gasteiger partial charge on any atom is 0.243 e. The third-order valence-corrected chi connectivity index (χ3v) is 6.26. The predicted octanol–water partition coefficient (Wildman–Crippen LogP) is 3.11. The molecule has 0 bridgehead atoms. The van der Waals surface area contributed by atoms with Gasteiger partial charge in [-0.05, 0) is 49.2 Å². The monoisotopic (exact) mass is 395 g/mol. The molecule has 23 heavy (non-hydrogen) atoms. The van der Waals surface area contributed by atoms with E-state index in [1.807, 2.05) is 18.2 Å². The van der Waals surface area contributed by atoms with Gasteiger partial charge in [-0.1, -0.05) is 22.0 Å². The van der Waals surface area contributed by atoms with Crippen LogP contribution in [0.1, 0.15) is 12.8 Å². The van der Waals surface area contributed by atoms with Crippen LogP contribution in [0.3, 0.4) is 0 Å². The number of nitrogens with zero attached hydrogens (tertiary/aromatic N) is 2. The summed E-state index contributed by atoms with van der Waals surface area (Å²) in [5.74, 6) is 0.778. The van der Waals surface area contributed by atoms with Crippen molar-refractivity contribution < 1.29 is 8.42 Å². The van der Waals surface area contributed by atoms with Gasteiger partial charge >= 0.3 is 0 Å². The molecule has 1 aliphatic heterocycles. The van der Waals surface area contributed by atoms with Crippen molar-refractivity contribution in [3.8, 4) is 0 Å². The van der Waals surface area contributed by atoms with Crippen molar-refractivity contribution in [1.29, 1.82) is 0 Å². The summed E-state index contributed by atoms with van der Waals surface area (Å²) in [5.41, 5.74) is 0. The largest absolute Gasteiger partial charge is 0.366 e. The van der Waals surface area contributed by atoms with Gasteiger partial charge in [-0.15, -0.1) is 0 Å². The molecular weight excluding hydrogens is 378 g/mol. The van der Waals surface area contributed by atoms with Crippen LogP contribution in [0.25, 0.3) is 0 Å². The Morgan fingerprint density at radius 3 is 2.65 bits per heavy atom. The van der Waals surface area contributed by atoms with E-state index < -0.39 is 10.0 Å². The molecule has 1 atom stereocenters. The van der Waals surface area contributed by atoms with Crippen molar-refractivity contribution in [2.24, 2.45) is 0 Å². The van der Waals surface area contributed by atoms with Crippen LogP contribution in [0.5, 0.6) is 0 Å². The summed E-state index contributed by atoms with van der Waals surface area (Å²) in [6, 6.07) is 12.5. The lowest BCUT2D eigenvalue weighted by molar-refractivity contribution is 0.327. The number of nitrogens with one attached hydrogen (secondary N) is 1. The summed E-state index contributed by atoms with van der Waals surface area (Å²) in [6.45, 7) is 1.01. The van der Waals surface area contributed by atoms with E-state index in [1.165, 1.54) is 0 Å². The maximum absolute atomic E-state index is 12.8. The Balaban J connectivity index is 1.74. The highest BCUT2D eigenvalue weighted by atomic mass is 79.9. The summed E-state index contributed by atoms with van der Waals surface area (Å²) < 4.78 is 27.9. The lowest BCUT2D eigenvalue weighted by Crippen LogP contribution is -2.45. The molecule has 7 heteroatoms. The summed E-state index contributed by atoms with van der Waals surface area (Å²) in [7, 11) is -3.45. The number of piperidine rings is 1. The summed E-state index contributed by atoms with van der Waals surface area (Å²) in [4.78, 5) is 4.58. The van der Waals surface area contributed by atoms with Crippen molar-refractivity contribution >= 4 is 31.8 Å². The minimum absolute atomic E-state index is 0.0730. The Hall–Kier alpha value is -1.44. The van der Waals surface area contributed by atoms with Gasteiger partial charge in [0.15, 0.2) is 0 Å². The maximum atomic E-state index is 12.8. The van der Waals surface area contributed by atoms with Crippen LogP contribution < -0.4 is 5.32 Å². The molecule has 0 spiro atoms. The fourth-order valence-corrected chi connectivity index (χ4v) is 4.48. The molecule has 2 aromatic rings. The Morgan fingerprint density at radius 2 is 1.96 bits per heavy atom. The molecule has 2 heterocycles. The average Bonchev–Trinajstić information content (AvgIpc) is 2.56. The van der Waals surface area contributed by atoms with Gasteiger partial charge in [-0.2, -0.15) is 4.31 Å². The van der Waals surface area contributed by atoms with Crippen LogP contribution in [-0.4, -0.2) is 36.8 Å². The van der Waals surface area contributed by atoms with Gasteiger partial charge in [0.1, 0.15) is 5.82 Å². The molecule has 1 aliphatic rings. The number of halogens is 1. The van der Waals surface area contributed by atoms with Crippen molar-refractivity contribution in [1.82, 2.24) is 9.29 Å². The average molecular weight is 396 g/mol. The molecular formula is C16H18BrN3O2S. The van der Waals surface area contributed by atoms with Crippen molar-refractivity contribution in [3.05, 3.63) is 53.1 Å². The molecule has 1 aromatic carbocycles. The number of rotatable bonds is 4. The molecule has 3 rings (SSSR count). The highest BCUT2D eigenvalue weighted by molar-refractivity contribution is 9.10. The molecule has 0 saturated carbocycles. The minimum Gasteiger partial charge on any atom is -0.366 e. The topological polar surface area (TPSA) is 62.3 Å². The van der Waals surface area contributed by atoms with Crippen LogP contribution in [0, 0.1) is 0 Å². The first-order valence-corrected chi connectivity index (χ1v) is 9.72. The first-order chi connectivity index (χ1) is 11.1. The fraction of sp³-hybridized carbons (Fsp3) is 0.312. The molecule has 1 saturated heterocycles. The van der Waals surface area contributed by atoms with Crippen LogP contribution in [0.4, 0.5) is 5.82 Å². The first-order valence-electron chi connectivity index (χ1n) is 7.49. The molecule has 1 N–H and O–H groups in total. The quantitative estimate of drug-likeness (QED) is 0.863. The van der Waals surface area contributed by atoms with E-state index in [2.05, 4.69) is 26.2 Å². The summed E-state index contributed by atoms with van der Waals surface area (Å²) in [5, 5.41) is 3.32. The summed E-state index contributed by atoms with van der Waals surface area (Å²) >= 11 is 3.33. The van der Waals surface area contributed by atoms with Gasteiger partial charge in [-0.3, -0.25) is 0 Å². The molecule has 0 aliphatic carbocycles. The van der Waals surface area contributed by atoms with Crippen LogP contribution in [0.2, 0.25) is 0 Å². The SMILES string of the molecule is O=S(=O)(c1ccc(Br)cc1)N1CCCC(Nc2ccccn2)C1. The molecule has 122 valence electrons. The Bertz CT molecular complexity index is 751. The number of pyridine rings is 1. The molecule has 0 amide bonds. The van der Waals surface area contributed by atoms with E-state index in [4.69, 9.17) is 0 Å². The van der Waals surface area contributed by atoms with E-state index in [0.717, 1.165) is 23.1 Å². The van der Waals surface area contributed by atoms with E-state index in [9.17, 15) is 8.42 Å². The van der Waals surface area contributed by atoms with Crippen molar-refractivity contribution in [3.63, 3.8) is 0 Å². The number of benzene rings is 1. The second kappa shape index (κ2) is 6.98. The number of aromatic nitrogens is 1. The number of sulfonamides is 1. The minimum atomic E-state index is -3.45. The van der Waals surface area contributed by atoms with Gasteiger partial charge in [0.25, 0.3) is 0 Å². The van der Waals surface area contributed by atoms with Gasteiger partial charge < -0.3 is 5.32 Å². The third-order valence-electron chi connectivity index (χ3n) is 3.85. The van der Waals surface area contributed by atoms with Gasteiger partial charge in [0.05, 0.1) is 4.90 Å².